The molecule has 0 aliphatic rings. The lowest BCUT2D eigenvalue weighted by molar-refractivity contribution is 0.319. The summed E-state index contributed by atoms with van der Waals surface area (Å²) in [6.07, 6.45) is 2.79. The Morgan fingerprint density at radius 2 is 2.05 bits per heavy atom. The molecule has 106 valence electrons. The van der Waals surface area contributed by atoms with Crippen LogP contribution in [-0.4, -0.2) is 11.6 Å². The smallest absolute Gasteiger partial charge is 0.142 e. The summed E-state index contributed by atoms with van der Waals surface area (Å²) < 4.78 is 7.66. The van der Waals surface area contributed by atoms with Gasteiger partial charge in [-0.1, -0.05) is 19.1 Å². The number of hydrogen-bond acceptors (Lipinski definition) is 3. The van der Waals surface area contributed by atoms with Gasteiger partial charge in [-0.3, -0.25) is 4.98 Å². The van der Waals surface area contributed by atoms with Crippen molar-refractivity contribution >= 4 is 37.5 Å². The first kappa shape index (κ1) is 15.3. The lowest BCUT2D eigenvalue weighted by atomic mass is 10.2. The van der Waals surface area contributed by atoms with Gasteiger partial charge in [0.2, 0.25) is 0 Å². The van der Waals surface area contributed by atoms with Crippen LogP contribution in [0.3, 0.4) is 0 Å². The predicted molar refractivity (Wildman–Crippen MR) is 89.2 cm³/mol. The van der Waals surface area contributed by atoms with Gasteiger partial charge in [-0.05, 0) is 56.5 Å². The Kier molecular flexibility index (Phi) is 5.86. The Morgan fingerprint density at radius 3 is 2.80 bits per heavy atom. The largest absolute Gasteiger partial charge is 0.491 e. The summed E-state index contributed by atoms with van der Waals surface area (Å²) in [7, 11) is 0. The second-order valence-corrected chi connectivity index (χ2v) is 6.05. The lowest BCUT2D eigenvalue weighted by Gasteiger charge is -2.13. The maximum atomic E-state index is 5.72. The lowest BCUT2D eigenvalue weighted by Crippen LogP contribution is -2.05. The predicted octanol–water partition coefficient (Wildman–Crippen LogP) is 5.01. The highest BCUT2D eigenvalue weighted by molar-refractivity contribution is 9.11. The third-order valence-corrected chi connectivity index (χ3v) is 3.80. The number of benzene rings is 1. The fourth-order valence-corrected chi connectivity index (χ4v) is 2.83. The van der Waals surface area contributed by atoms with Crippen molar-refractivity contribution in [1.29, 1.82) is 0 Å². The zero-order valence-corrected chi connectivity index (χ0v) is 14.4. The van der Waals surface area contributed by atoms with Crippen LogP contribution in [0.25, 0.3) is 0 Å². The highest BCUT2D eigenvalue weighted by Gasteiger charge is 2.05. The van der Waals surface area contributed by atoms with Gasteiger partial charge in [-0.15, -0.1) is 0 Å². The maximum Gasteiger partial charge on any atom is 0.142 e. The molecule has 1 N–H and O–H groups in total. The molecule has 0 amide bonds. The summed E-state index contributed by atoms with van der Waals surface area (Å²) in [4.78, 5) is 4.39. The molecule has 20 heavy (non-hydrogen) atoms. The highest BCUT2D eigenvalue weighted by Crippen LogP contribution is 2.26. The quantitative estimate of drug-likeness (QED) is 0.741. The minimum atomic E-state index is 0.639. The molecule has 1 aromatic carbocycles. The number of para-hydroxylation sites is 2. The van der Waals surface area contributed by atoms with E-state index >= 15 is 0 Å². The maximum absolute atomic E-state index is 5.72. The fraction of sp³-hybridized carbons (Fsp3) is 0.267. The number of nitrogens with one attached hydrogen (secondary N) is 1. The van der Waals surface area contributed by atoms with Gasteiger partial charge >= 0.3 is 0 Å². The van der Waals surface area contributed by atoms with E-state index in [1.54, 1.807) is 6.20 Å². The number of ether oxygens (including phenoxy) is 1. The molecule has 2 aromatic rings. The molecule has 0 aliphatic carbocycles. The molecular weight excluding hydrogens is 384 g/mol. The number of nitrogens with zero attached hydrogens (tertiary/aromatic N) is 1. The third-order valence-electron chi connectivity index (χ3n) is 2.68. The van der Waals surface area contributed by atoms with E-state index in [2.05, 4.69) is 49.1 Å². The van der Waals surface area contributed by atoms with Crippen LogP contribution >= 0.6 is 31.9 Å². The molecule has 0 spiro atoms. The standard InChI is InChI=1S/C15H16Br2N2O/c1-2-7-20-15-6-4-3-5-13(15)19-10-14-12(17)8-11(16)9-18-14/h3-6,8-9,19H,2,7,10H2,1H3. The van der Waals surface area contributed by atoms with Crippen molar-refractivity contribution in [2.24, 2.45) is 0 Å². The van der Waals surface area contributed by atoms with Gasteiger partial charge < -0.3 is 10.1 Å². The van der Waals surface area contributed by atoms with E-state index in [1.165, 1.54) is 0 Å². The van der Waals surface area contributed by atoms with E-state index in [9.17, 15) is 0 Å². The summed E-state index contributed by atoms with van der Waals surface area (Å²) in [5, 5.41) is 3.37. The zero-order chi connectivity index (χ0) is 14.4. The molecule has 3 nitrogen and oxygen atoms in total. The van der Waals surface area contributed by atoms with Crippen LogP contribution in [0, 0.1) is 0 Å². The Labute approximate surface area is 136 Å². The van der Waals surface area contributed by atoms with Crippen molar-refractivity contribution in [2.75, 3.05) is 11.9 Å². The number of anilines is 1. The normalized spacial score (nSPS) is 10.3. The molecule has 0 unspecified atom stereocenters. The van der Waals surface area contributed by atoms with E-state index < -0.39 is 0 Å². The van der Waals surface area contributed by atoms with Crippen molar-refractivity contribution in [3.8, 4) is 5.75 Å². The van der Waals surface area contributed by atoms with Crippen molar-refractivity contribution < 1.29 is 4.74 Å². The van der Waals surface area contributed by atoms with Gasteiger partial charge in [0, 0.05) is 15.1 Å². The molecule has 0 radical (unpaired) electrons. The molecule has 2 rings (SSSR count). The minimum Gasteiger partial charge on any atom is -0.491 e. The van der Waals surface area contributed by atoms with Crippen LogP contribution in [0.15, 0.2) is 45.5 Å². The zero-order valence-electron chi connectivity index (χ0n) is 11.2. The number of hydrogen-bond donors (Lipinski definition) is 1. The first-order chi connectivity index (χ1) is 9.70. The molecule has 0 aliphatic heterocycles. The van der Waals surface area contributed by atoms with E-state index in [4.69, 9.17) is 4.74 Å². The third kappa shape index (κ3) is 4.21. The van der Waals surface area contributed by atoms with Gasteiger partial charge in [0.05, 0.1) is 24.5 Å². The van der Waals surface area contributed by atoms with Gasteiger partial charge in [-0.25, -0.2) is 0 Å². The molecule has 0 saturated carbocycles. The van der Waals surface area contributed by atoms with E-state index in [-0.39, 0.29) is 0 Å². The van der Waals surface area contributed by atoms with E-state index in [0.29, 0.717) is 6.54 Å². The van der Waals surface area contributed by atoms with Crippen molar-refractivity contribution in [3.05, 3.63) is 51.2 Å². The summed E-state index contributed by atoms with van der Waals surface area (Å²) >= 11 is 6.92. The molecule has 1 heterocycles. The Hall–Kier alpha value is -1.07. The van der Waals surface area contributed by atoms with Crippen LogP contribution in [-0.2, 0) is 6.54 Å². The molecule has 0 atom stereocenters. The van der Waals surface area contributed by atoms with Crippen LogP contribution in [0.4, 0.5) is 5.69 Å². The van der Waals surface area contributed by atoms with Crippen LogP contribution < -0.4 is 10.1 Å². The van der Waals surface area contributed by atoms with E-state index in [0.717, 1.165) is 39.1 Å². The monoisotopic (exact) mass is 398 g/mol. The Morgan fingerprint density at radius 1 is 1.25 bits per heavy atom. The molecular formula is C15H16Br2N2O. The topological polar surface area (TPSA) is 34.1 Å². The summed E-state index contributed by atoms with van der Waals surface area (Å²) in [6.45, 7) is 3.46. The second-order valence-electron chi connectivity index (χ2n) is 4.28. The molecule has 0 fully saturated rings. The average Bonchev–Trinajstić information content (AvgIpc) is 2.45. The van der Waals surface area contributed by atoms with Crippen LogP contribution in [0.2, 0.25) is 0 Å². The van der Waals surface area contributed by atoms with Gasteiger partial charge in [-0.2, -0.15) is 0 Å². The first-order valence-corrected chi connectivity index (χ1v) is 8.05. The number of halogens is 2. The number of aromatic nitrogens is 1. The summed E-state index contributed by atoms with van der Waals surface area (Å²) in [6, 6.07) is 9.94. The van der Waals surface area contributed by atoms with Crippen molar-refractivity contribution in [2.45, 2.75) is 19.9 Å². The molecule has 0 bridgehead atoms. The Balaban J connectivity index is 2.06. The SMILES string of the molecule is CCCOc1ccccc1NCc1ncc(Br)cc1Br. The second kappa shape index (κ2) is 7.64. The van der Waals surface area contributed by atoms with Crippen LogP contribution in [0.5, 0.6) is 5.75 Å². The van der Waals surface area contributed by atoms with Gasteiger partial charge in [0.25, 0.3) is 0 Å². The fourth-order valence-electron chi connectivity index (χ4n) is 1.70. The number of pyridine rings is 1. The first-order valence-electron chi connectivity index (χ1n) is 6.46. The van der Waals surface area contributed by atoms with Crippen molar-refractivity contribution in [3.63, 3.8) is 0 Å². The molecule has 1 aromatic heterocycles. The number of rotatable bonds is 6. The van der Waals surface area contributed by atoms with E-state index in [1.807, 2.05) is 30.3 Å². The van der Waals surface area contributed by atoms with Gasteiger partial charge in [0.1, 0.15) is 5.75 Å². The average molecular weight is 400 g/mol. The summed E-state index contributed by atoms with van der Waals surface area (Å²) in [5.41, 5.74) is 1.94. The molecule has 0 saturated heterocycles. The molecule has 5 heteroatoms. The van der Waals surface area contributed by atoms with Gasteiger partial charge in [0.15, 0.2) is 0 Å². The summed E-state index contributed by atoms with van der Waals surface area (Å²) in [5.74, 6) is 0.877. The van der Waals surface area contributed by atoms with Crippen molar-refractivity contribution in [1.82, 2.24) is 4.98 Å². The highest BCUT2D eigenvalue weighted by atomic mass is 79.9. The Bertz CT molecular complexity index is 576. The minimum absolute atomic E-state index is 0.639. The van der Waals surface area contributed by atoms with Crippen LogP contribution in [0.1, 0.15) is 19.0 Å².